The van der Waals surface area contributed by atoms with Gasteiger partial charge in [-0.25, -0.2) is 0 Å². The predicted octanol–water partition coefficient (Wildman–Crippen LogP) is 5.13. The highest BCUT2D eigenvalue weighted by Crippen LogP contribution is 2.64. The molecule has 0 aromatic heterocycles. The Morgan fingerprint density at radius 2 is 1.60 bits per heavy atom. The Kier molecular flexibility index (Phi) is 3.58. The largest absolute Gasteiger partial charge is 0.0628 e. The van der Waals surface area contributed by atoms with E-state index in [0.717, 1.165) is 17.8 Å². The van der Waals surface area contributed by atoms with Gasteiger partial charge in [0.05, 0.1) is 0 Å². The maximum absolute atomic E-state index is 2.52. The second kappa shape index (κ2) is 4.11. The number of hydrogen-bond acceptors (Lipinski definition) is 0. The van der Waals surface area contributed by atoms with Crippen molar-refractivity contribution in [3.05, 3.63) is 0 Å². The fraction of sp³-hybridized carbons (Fsp3) is 1.00. The molecule has 1 fully saturated rings. The SMILES string of the molecule is CC(C)CCC(C)C1(C)C(C)CC1(C)C. The van der Waals surface area contributed by atoms with Gasteiger partial charge in [-0.15, -0.1) is 0 Å². The van der Waals surface area contributed by atoms with Gasteiger partial charge in [0, 0.05) is 0 Å². The zero-order valence-corrected chi connectivity index (χ0v) is 11.9. The quantitative estimate of drug-likeness (QED) is 0.603. The highest BCUT2D eigenvalue weighted by atomic mass is 14.6. The molecular weight excluding hydrogens is 180 g/mol. The van der Waals surface area contributed by atoms with Crippen LogP contribution < -0.4 is 0 Å². The van der Waals surface area contributed by atoms with Gasteiger partial charge < -0.3 is 0 Å². The fourth-order valence-electron chi connectivity index (χ4n) is 3.77. The van der Waals surface area contributed by atoms with Crippen LogP contribution in [0.4, 0.5) is 0 Å². The summed E-state index contributed by atoms with van der Waals surface area (Å²) in [6.45, 7) is 17.0. The van der Waals surface area contributed by atoms with Crippen molar-refractivity contribution in [1.29, 1.82) is 0 Å². The summed E-state index contributed by atoms with van der Waals surface area (Å²) in [5.74, 6) is 2.64. The van der Waals surface area contributed by atoms with Gasteiger partial charge in [-0.1, -0.05) is 54.9 Å². The highest BCUT2D eigenvalue weighted by Gasteiger charge is 2.56. The fourth-order valence-corrected chi connectivity index (χ4v) is 3.77. The average molecular weight is 210 g/mol. The van der Waals surface area contributed by atoms with Crippen molar-refractivity contribution in [3.63, 3.8) is 0 Å². The lowest BCUT2D eigenvalue weighted by atomic mass is 9.42. The van der Waals surface area contributed by atoms with Crippen molar-refractivity contribution in [3.8, 4) is 0 Å². The summed E-state index contributed by atoms with van der Waals surface area (Å²) in [5.41, 5.74) is 1.13. The van der Waals surface area contributed by atoms with Crippen LogP contribution in [0.1, 0.15) is 67.7 Å². The number of hydrogen-bond donors (Lipinski definition) is 0. The third-order valence-corrected chi connectivity index (χ3v) is 5.50. The predicted molar refractivity (Wildman–Crippen MR) is 68.9 cm³/mol. The molecule has 90 valence electrons. The van der Waals surface area contributed by atoms with Crippen LogP contribution in [-0.4, -0.2) is 0 Å². The molecule has 1 rings (SSSR count). The highest BCUT2D eigenvalue weighted by molar-refractivity contribution is 5.05. The minimum Gasteiger partial charge on any atom is -0.0628 e. The van der Waals surface area contributed by atoms with Crippen molar-refractivity contribution >= 4 is 0 Å². The molecule has 0 aromatic rings. The third-order valence-electron chi connectivity index (χ3n) is 5.50. The molecule has 3 atom stereocenters. The van der Waals surface area contributed by atoms with Gasteiger partial charge in [-0.3, -0.25) is 0 Å². The smallest absolute Gasteiger partial charge is 0.0223 e. The first-order valence-electron chi connectivity index (χ1n) is 6.72. The van der Waals surface area contributed by atoms with Crippen LogP contribution in [0.2, 0.25) is 0 Å². The lowest BCUT2D eigenvalue weighted by Gasteiger charge is -2.63. The van der Waals surface area contributed by atoms with Gasteiger partial charge in [0.25, 0.3) is 0 Å². The van der Waals surface area contributed by atoms with E-state index < -0.39 is 0 Å². The third kappa shape index (κ3) is 2.10. The summed E-state index contributed by atoms with van der Waals surface area (Å²) in [6, 6.07) is 0. The molecule has 3 unspecified atom stereocenters. The zero-order chi connectivity index (χ0) is 11.9. The molecule has 0 aliphatic heterocycles. The van der Waals surface area contributed by atoms with Gasteiger partial charge in [0.2, 0.25) is 0 Å². The van der Waals surface area contributed by atoms with Crippen LogP contribution in [0, 0.1) is 28.6 Å². The molecule has 1 aliphatic carbocycles. The first kappa shape index (κ1) is 13.1. The van der Waals surface area contributed by atoms with Crippen LogP contribution >= 0.6 is 0 Å². The van der Waals surface area contributed by atoms with E-state index in [2.05, 4.69) is 48.5 Å². The lowest BCUT2D eigenvalue weighted by Crippen LogP contribution is -2.55. The van der Waals surface area contributed by atoms with Gasteiger partial charge in [0.15, 0.2) is 0 Å². The summed E-state index contributed by atoms with van der Waals surface area (Å²) >= 11 is 0. The molecule has 0 amide bonds. The van der Waals surface area contributed by atoms with Crippen LogP contribution in [0.25, 0.3) is 0 Å². The lowest BCUT2D eigenvalue weighted by molar-refractivity contribution is -0.140. The second-order valence-electron chi connectivity index (χ2n) is 7.14. The molecule has 0 heterocycles. The normalized spacial score (nSPS) is 36.4. The topological polar surface area (TPSA) is 0 Å². The maximum Gasteiger partial charge on any atom is -0.0223 e. The minimum atomic E-state index is 0.558. The van der Waals surface area contributed by atoms with Crippen molar-refractivity contribution in [2.24, 2.45) is 28.6 Å². The van der Waals surface area contributed by atoms with E-state index in [1.54, 1.807) is 0 Å². The Morgan fingerprint density at radius 3 is 1.93 bits per heavy atom. The monoisotopic (exact) mass is 210 g/mol. The molecule has 0 saturated heterocycles. The summed E-state index contributed by atoms with van der Waals surface area (Å²) < 4.78 is 0. The Hall–Kier alpha value is 0. The second-order valence-corrected chi connectivity index (χ2v) is 7.14. The molecule has 0 radical (unpaired) electrons. The van der Waals surface area contributed by atoms with E-state index in [-0.39, 0.29) is 0 Å². The van der Waals surface area contributed by atoms with Crippen molar-refractivity contribution in [2.45, 2.75) is 67.7 Å². The molecule has 0 aromatic carbocycles. The van der Waals surface area contributed by atoms with E-state index in [0.29, 0.717) is 10.8 Å². The Labute approximate surface area is 96.8 Å². The summed E-state index contributed by atoms with van der Waals surface area (Å²) in [7, 11) is 0. The molecule has 1 aliphatic rings. The molecule has 0 heteroatoms. The van der Waals surface area contributed by atoms with Crippen LogP contribution in [-0.2, 0) is 0 Å². The zero-order valence-electron chi connectivity index (χ0n) is 11.9. The standard InChI is InChI=1S/C15H30/c1-11(2)8-9-12(3)15(7)13(4)10-14(15,5)6/h11-13H,8-10H2,1-7H3. The molecule has 0 N–H and O–H groups in total. The van der Waals surface area contributed by atoms with Crippen molar-refractivity contribution in [2.75, 3.05) is 0 Å². The summed E-state index contributed by atoms with van der Waals surface area (Å²) in [4.78, 5) is 0. The van der Waals surface area contributed by atoms with Crippen LogP contribution in [0.15, 0.2) is 0 Å². The molecule has 0 bridgehead atoms. The first-order chi connectivity index (χ1) is 6.72. The summed E-state index contributed by atoms with van der Waals surface area (Å²) in [5, 5.41) is 0. The molecule has 0 spiro atoms. The maximum atomic E-state index is 2.52. The molecule has 1 saturated carbocycles. The van der Waals surface area contributed by atoms with Crippen molar-refractivity contribution in [1.82, 2.24) is 0 Å². The Morgan fingerprint density at radius 1 is 1.07 bits per heavy atom. The minimum absolute atomic E-state index is 0.558. The van der Waals surface area contributed by atoms with Gasteiger partial charge in [-0.2, -0.15) is 0 Å². The Bertz CT molecular complexity index is 214. The van der Waals surface area contributed by atoms with E-state index in [1.807, 2.05) is 0 Å². The van der Waals surface area contributed by atoms with Gasteiger partial charge in [-0.05, 0) is 41.4 Å². The van der Waals surface area contributed by atoms with Gasteiger partial charge >= 0.3 is 0 Å². The first-order valence-corrected chi connectivity index (χ1v) is 6.72. The number of rotatable bonds is 4. The molecular formula is C15H30. The molecule has 0 nitrogen and oxygen atoms in total. The van der Waals surface area contributed by atoms with E-state index >= 15 is 0 Å². The van der Waals surface area contributed by atoms with Crippen LogP contribution in [0.5, 0.6) is 0 Å². The Balaban J connectivity index is 2.61. The van der Waals surface area contributed by atoms with Crippen molar-refractivity contribution < 1.29 is 0 Å². The van der Waals surface area contributed by atoms with Gasteiger partial charge in [0.1, 0.15) is 0 Å². The van der Waals surface area contributed by atoms with E-state index in [9.17, 15) is 0 Å². The van der Waals surface area contributed by atoms with E-state index in [4.69, 9.17) is 0 Å². The average Bonchev–Trinajstić information content (AvgIpc) is 2.12. The van der Waals surface area contributed by atoms with Crippen LogP contribution in [0.3, 0.4) is 0 Å². The summed E-state index contributed by atoms with van der Waals surface area (Å²) in [6.07, 6.45) is 4.21. The van der Waals surface area contributed by atoms with E-state index in [1.165, 1.54) is 19.3 Å². The molecule has 15 heavy (non-hydrogen) atoms.